The van der Waals surface area contributed by atoms with Crippen LogP contribution in [0.4, 0.5) is 0 Å². The fourth-order valence-electron chi connectivity index (χ4n) is 2.82. The van der Waals surface area contributed by atoms with E-state index in [2.05, 4.69) is 19.1 Å². The SMILES string of the molecule is COc1ccc(C[C@@H](C)N(C)C(=O)CC[C@@H]2CCCO2)cc1. The van der Waals surface area contributed by atoms with Crippen molar-refractivity contribution in [2.24, 2.45) is 0 Å². The maximum atomic E-state index is 12.3. The number of amides is 1. The highest BCUT2D eigenvalue weighted by molar-refractivity contribution is 5.76. The van der Waals surface area contributed by atoms with E-state index < -0.39 is 0 Å². The highest BCUT2D eigenvalue weighted by Gasteiger charge is 2.20. The van der Waals surface area contributed by atoms with Gasteiger partial charge in [0.05, 0.1) is 13.2 Å². The predicted octanol–water partition coefficient (Wildman–Crippen LogP) is 3.04. The molecule has 2 rings (SSSR count). The van der Waals surface area contributed by atoms with Crippen molar-refractivity contribution in [2.75, 3.05) is 20.8 Å². The number of carbonyl (C=O) groups is 1. The van der Waals surface area contributed by atoms with Crippen molar-refractivity contribution in [3.63, 3.8) is 0 Å². The minimum Gasteiger partial charge on any atom is -0.497 e. The van der Waals surface area contributed by atoms with Crippen LogP contribution in [-0.4, -0.2) is 43.7 Å². The molecule has 1 amide bonds. The van der Waals surface area contributed by atoms with Gasteiger partial charge in [0.15, 0.2) is 0 Å². The molecular weight excluding hydrogens is 278 g/mol. The van der Waals surface area contributed by atoms with Gasteiger partial charge in [0.1, 0.15) is 5.75 Å². The molecule has 0 bridgehead atoms. The second-order valence-electron chi connectivity index (χ2n) is 6.08. The number of ether oxygens (including phenoxy) is 2. The summed E-state index contributed by atoms with van der Waals surface area (Å²) in [5, 5.41) is 0. The smallest absolute Gasteiger partial charge is 0.222 e. The number of methoxy groups -OCH3 is 1. The molecule has 0 aromatic heterocycles. The molecule has 0 N–H and O–H groups in total. The lowest BCUT2D eigenvalue weighted by atomic mass is 10.0. The van der Waals surface area contributed by atoms with E-state index in [1.54, 1.807) is 7.11 Å². The van der Waals surface area contributed by atoms with Crippen molar-refractivity contribution < 1.29 is 14.3 Å². The van der Waals surface area contributed by atoms with Crippen LogP contribution in [0.15, 0.2) is 24.3 Å². The van der Waals surface area contributed by atoms with E-state index in [-0.39, 0.29) is 18.1 Å². The van der Waals surface area contributed by atoms with Gasteiger partial charge in [0.25, 0.3) is 0 Å². The third-order valence-electron chi connectivity index (χ3n) is 4.45. The Morgan fingerprint density at radius 2 is 2.14 bits per heavy atom. The first-order valence-corrected chi connectivity index (χ1v) is 8.10. The highest BCUT2D eigenvalue weighted by Crippen LogP contribution is 2.18. The summed E-state index contributed by atoms with van der Waals surface area (Å²) in [6.07, 6.45) is 4.79. The zero-order valence-corrected chi connectivity index (χ0v) is 13.9. The zero-order valence-electron chi connectivity index (χ0n) is 13.9. The first kappa shape index (κ1) is 16.8. The molecule has 0 saturated carbocycles. The Balaban J connectivity index is 1.79. The van der Waals surface area contributed by atoms with Gasteiger partial charge in [-0.05, 0) is 50.3 Å². The monoisotopic (exact) mass is 305 g/mol. The van der Waals surface area contributed by atoms with Crippen molar-refractivity contribution in [3.8, 4) is 5.75 Å². The molecule has 2 atom stereocenters. The zero-order chi connectivity index (χ0) is 15.9. The maximum Gasteiger partial charge on any atom is 0.222 e. The molecular formula is C18H27NO3. The van der Waals surface area contributed by atoms with E-state index in [0.717, 1.165) is 38.0 Å². The van der Waals surface area contributed by atoms with E-state index >= 15 is 0 Å². The molecule has 0 spiro atoms. The van der Waals surface area contributed by atoms with Crippen molar-refractivity contribution >= 4 is 5.91 Å². The van der Waals surface area contributed by atoms with Crippen LogP contribution >= 0.6 is 0 Å². The van der Waals surface area contributed by atoms with E-state index in [9.17, 15) is 4.79 Å². The van der Waals surface area contributed by atoms with E-state index in [0.29, 0.717) is 6.42 Å². The van der Waals surface area contributed by atoms with Crippen molar-refractivity contribution in [1.82, 2.24) is 4.90 Å². The Kier molecular flexibility index (Phi) is 6.25. The third-order valence-corrected chi connectivity index (χ3v) is 4.45. The molecule has 4 nitrogen and oxygen atoms in total. The molecule has 0 aliphatic carbocycles. The number of benzene rings is 1. The van der Waals surface area contributed by atoms with Gasteiger partial charge in [0.2, 0.25) is 5.91 Å². The average Bonchev–Trinajstić information content (AvgIpc) is 3.06. The minimum absolute atomic E-state index is 0.186. The molecule has 1 aromatic rings. The van der Waals surface area contributed by atoms with Crippen LogP contribution in [0.5, 0.6) is 5.75 Å². The maximum absolute atomic E-state index is 12.3. The Morgan fingerprint density at radius 1 is 1.41 bits per heavy atom. The molecule has 122 valence electrons. The van der Waals surface area contributed by atoms with Crippen LogP contribution in [0.2, 0.25) is 0 Å². The molecule has 0 unspecified atom stereocenters. The lowest BCUT2D eigenvalue weighted by molar-refractivity contribution is -0.132. The number of hydrogen-bond donors (Lipinski definition) is 0. The second kappa shape index (κ2) is 8.18. The van der Waals surface area contributed by atoms with Crippen LogP contribution in [0.25, 0.3) is 0 Å². The molecule has 1 fully saturated rings. The molecule has 4 heteroatoms. The number of likely N-dealkylation sites (N-methyl/N-ethyl adjacent to an activating group) is 1. The summed E-state index contributed by atoms with van der Waals surface area (Å²) < 4.78 is 10.7. The van der Waals surface area contributed by atoms with Crippen LogP contribution in [0.1, 0.15) is 38.2 Å². The molecule has 22 heavy (non-hydrogen) atoms. The topological polar surface area (TPSA) is 38.8 Å². The molecule has 1 saturated heterocycles. The van der Waals surface area contributed by atoms with Gasteiger partial charge in [-0.1, -0.05) is 12.1 Å². The molecule has 0 radical (unpaired) electrons. The summed E-state index contributed by atoms with van der Waals surface area (Å²) >= 11 is 0. The van der Waals surface area contributed by atoms with Gasteiger partial charge in [0, 0.05) is 26.1 Å². The minimum atomic E-state index is 0.186. The Labute approximate surface area is 133 Å². The van der Waals surface area contributed by atoms with Crippen molar-refractivity contribution in [3.05, 3.63) is 29.8 Å². The fraction of sp³-hybridized carbons (Fsp3) is 0.611. The quantitative estimate of drug-likeness (QED) is 0.777. The predicted molar refractivity (Wildman–Crippen MR) is 87.1 cm³/mol. The standard InChI is InChI=1S/C18H27NO3/c1-14(13-15-6-8-16(21-3)9-7-15)19(2)18(20)11-10-17-5-4-12-22-17/h6-9,14,17H,4-5,10-13H2,1-3H3/t14-,17+/m1/s1. The van der Waals surface area contributed by atoms with Gasteiger partial charge in [-0.25, -0.2) is 0 Å². The van der Waals surface area contributed by atoms with Crippen LogP contribution in [0, 0.1) is 0 Å². The Morgan fingerprint density at radius 3 is 2.73 bits per heavy atom. The van der Waals surface area contributed by atoms with Crippen molar-refractivity contribution in [2.45, 2.75) is 51.2 Å². The molecule has 1 aliphatic rings. The summed E-state index contributed by atoms with van der Waals surface area (Å²) in [5.74, 6) is 1.06. The van der Waals surface area contributed by atoms with E-state index in [1.807, 2.05) is 24.1 Å². The average molecular weight is 305 g/mol. The first-order chi connectivity index (χ1) is 10.6. The van der Waals surface area contributed by atoms with Gasteiger partial charge in [-0.3, -0.25) is 4.79 Å². The summed E-state index contributed by atoms with van der Waals surface area (Å²) in [4.78, 5) is 14.1. The third kappa shape index (κ3) is 4.73. The fourth-order valence-corrected chi connectivity index (χ4v) is 2.82. The van der Waals surface area contributed by atoms with Gasteiger partial charge in [-0.15, -0.1) is 0 Å². The van der Waals surface area contributed by atoms with Crippen LogP contribution in [0.3, 0.4) is 0 Å². The summed E-state index contributed by atoms with van der Waals surface area (Å²) in [6, 6.07) is 8.22. The second-order valence-corrected chi connectivity index (χ2v) is 6.08. The highest BCUT2D eigenvalue weighted by atomic mass is 16.5. The van der Waals surface area contributed by atoms with E-state index in [1.165, 1.54) is 5.56 Å². The van der Waals surface area contributed by atoms with Crippen LogP contribution in [-0.2, 0) is 16.0 Å². The lowest BCUT2D eigenvalue weighted by Crippen LogP contribution is -2.36. The largest absolute Gasteiger partial charge is 0.497 e. The van der Waals surface area contributed by atoms with Gasteiger partial charge in [-0.2, -0.15) is 0 Å². The first-order valence-electron chi connectivity index (χ1n) is 8.10. The lowest BCUT2D eigenvalue weighted by Gasteiger charge is -2.25. The molecule has 1 heterocycles. The number of hydrogen-bond acceptors (Lipinski definition) is 3. The summed E-state index contributed by atoms with van der Waals surface area (Å²) in [7, 11) is 3.56. The normalized spacial score (nSPS) is 19.0. The Hall–Kier alpha value is -1.55. The van der Waals surface area contributed by atoms with E-state index in [4.69, 9.17) is 9.47 Å². The van der Waals surface area contributed by atoms with Crippen molar-refractivity contribution in [1.29, 1.82) is 0 Å². The summed E-state index contributed by atoms with van der Waals surface area (Å²) in [5.41, 5.74) is 1.21. The van der Waals surface area contributed by atoms with Gasteiger partial charge < -0.3 is 14.4 Å². The summed E-state index contributed by atoms with van der Waals surface area (Å²) in [6.45, 7) is 2.94. The molecule has 1 aromatic carbocycles. The van der Waals surface area contributed by atoms with Crippen LogP contribution < -0.4 is 4.74 Å². The number of rotatable bonds is 7. The Bertz CT molecular complexity index is 466. The number of carbonyl (C=O) groups excluding carboxylic acids is 1. The van der Waals surface area contributed by atoms with Gasteiger partial charge >= 0.3 is 0 Å². The number of nitrogens with zero attached hydrogens (tertiary/aromatic N) is 1. The molecule has 1 aliphatic heterocycles.